The van der Waals surface area contributed by atoms with Crippen LogP contribution in [0, 0.1) is 5.92 Å². The summed E-state index contributed by atoms with van der Waals surface area (Å²) < 4.78 is 0. The van der Waals surface area contributed by atoms with Crippen LogP contribution in [0.1, 0.15) is 57.2 Å². The number of nitrogens with zero attached hydrogens (tertiary/aromatic N) is 1. The normalized spacial score (nSPS) is 22.4. The van der Waals surface area contributed by atoms with Crippen LogP contribution in [0.2, 0.25) is 0 Å². The summed E-state index contributed by atoms with van der Waals surface area (Å²) in [7, 11) is 2.31. The molecular weight excluding hydrogens is 256 g/mol. The minimum absolute atomic E-state index is 0.478. The predicted molar refractivity (Wildman–Crippen MR) is 91.7 cm³/mol. The second-order valence-electron chi connectivity index (χ2n) is 6.86. The highest BCUT2D eigenvalue weighted by atomic mass is 15.2. The molecule has 0 aliphatic heterocycles. The van der Waals surface area contributed by atoms with E-state index < -0.39 is 0 Å². The molecule has 0 heterocycles. The van der Waals surface area contributed by atoms with Crippen LogP contribution in [0.25, 0.3) is 0 Å². The molecule has 2 unspecified atom stereocenters. The molecule has 0 saturated heterocycles. The number of benzene rings is 1. The second kappa shape index (κ2) is 7.95. The molecule has 2 atom stereocenters. The van der Waals surface area contributed by atoms with Gasteiger partial charge in [0.1, 0.15) is 0 Å². The van der Waals surface area contributed by atoms with E-state index in [9.17, 15) is 0 Å². The van der Waals surface area contributed by atoms with E-state index >= 15 is 0 Å². The van der Waals surface area contributed by atoms with Crippen LogP contribution in [-0.4, -0.2) is 31.1 Å². The number of rotatable bonds is 6. The average Bonchev–Trinajstić information content (AvgIpc) is 2.65. The first-order chi connectivity index (χ1) is 10.1. The van der Waals surface area contributed by atoms with Crippen molar-refractivity contribution in [1.29, 1.82) is 0 Å². The maximum atomic E-state index is 3.76. The number of hydrogen-bond donors (Lipinski definition) is 1. The molecule has 1 aromatic carbocycles. The molecule has 0 bridgehead atoms. The molecule has 0 spiro atoms. The summed E-state index contributed by atoms with van der Waals surface area (Å²) in [5.74, 6) is 0.781. The van der Waals surface area contributed by atoms with Gasteiger partial charge in [0.15, 0.2) is 0 Å². The topological polar surface area (TPSA) is 15.3 Å². The fourth-order valence-electron chi connectivity index (χ4n) is 3.51. The minimum atomic E-state index is 0.478. The summed E-state index contributed by atoms with van der Waals surface area (Å²) >= 11 is 0. The van der Waals surface area contributed by atoms with Gasteiger partial charge in [0.2, 0.25) is 0 Å². The molecule has 0 fully saturated rings. The Morgan fingerprint density at radius 3 is 2.76 bits per heavy atom. The molecule has 118 valence electrons. The van der Waals surface area contributed by atoms with Gasteiger partial charge in [-0.3, -0.25) is 0 Å². The van der Waals surface area contributed by atoms with E-state index in [0.717, 1.165) is 12.5 Å². The molecule has 0 saturated carbocycles. The highest BCUT2D eigenvalue weighted by Crippen LogP contribution is 2.31. The zero-order valence-corrected chi connectivity index (χ0v) is 14.2. The Kier molecular flexibility index (Phi) is 6.25. The van der Waals surface area contributed by atoms with Gasteiger partial charge in [0, 0.05) is 12.1 Å². The van der Waals surface area contributed by atoms with Crippen molar-refractivity contribution in [2.24, 2.45) is 5.92 Å². The predicted octanol–water partition coefficient (Wildman–Crippen LogP) is 4.02. The molecule has 1 N–H and O–H groups in total. The SMILES string of the molecule is CCNC1c2ccccc2CCCC1N(C)CCC(C)C. The van der Waals surface area contributed by atoms with Gasteiger partial charge in [-0.05, 0) is 62.9 Å². The lowest BCUT2D eigenvalue weighted by atomic mass is 9.95. The van der Waals surface area contributed by atoms with Gasteiger partial charge in [-0.25, -0.2) is 0 Å². The summed E-state index contributed by atoms with van der Waals surface area (Å²) in [5.41, 5.74) is 3.07. The van der Waals surface area contributed by atoms with Crippen molar-refractivity contribution in [3.05, 3.63) is 35.4 Å². The van der Waals surface area contributed by atoms with E-state index in [2.05, 4.69) is 62.3 Å². The molecule has 1 aliphatic carbocycles. The highest BCUT2D eigenvalue weighted by Gasteiger charge is 2.29. The molecule has 1 aliphatic rings. The van der Waals surface area contributed by atoms with Crippen molar-refractivity contribution in [3.63, 3.8) is 0 Å². The van der Waals surface area contributed by atoms with E-state index in [0.29, 0.717) is 12.1 Å². The lowest BCUT2D eigenvalue weighted by Gasteiger charge is -2.35. The number of hydrogen-bond acceptors (Lipinski definition) is 2. The van der Waals surface area contributed by atoms with Gasteiger partial charge in [-0.2, -0.15) is 0 Å². The van der Waals surface area contributed by atoms with Crippen molar-refractivity contribution >= 4 is 0 Å². The fraction of sp³-hybridized carbons (Fsp3) is 0.684. The Labute approximate surface area is 130 Å². The van der Waals surface area contributed by atoms with Crippen molar-refractivity contribution < 1.29 is 0 Å². The minimum Gasteiger partial charge on any atom is -0.309 e. The molecule has 0 amide bonds. The zero-order chi connectivity index (χ0) is 15.2. The van der Waals surface area contributed by atoms with Crippen LogP contribution in [0.4, 0.5) is 0 Å². The molecule has 1 aromatic rings. The third-order valence-corrected chi connectivity index (χ3v) is 4.77. The molecule has 21 heavy (non-hydrogen) atoms. The fourth-order valence-corrected chi connectivity index (χ4v) is 3.51. The summed E-state index contributed by atoms with van der Waals surface area (Å²) in [4.78, 5) is 2.59. The van der Waals surface area contributed by atoms with E-state index in [1.165, 1.54) is 37.8 Å². The zero-order valence-electron chi connectivity index (χ0n) is 14.2. The molecule has 0 aromatic heterocycles. The van der Waals surface area contributed by atoms with E-state index in [1.807, 2.05) is 0 Å². The third kappa shape index (κ3) is 4.31. The van der Waals surface area contributed by atoms with Gasteiger partial charge in [-0.15, -0.1) is 0 Å². The molecule has 2 rings (SSSR count). The van der Waals surface area contributed by atoms with Crippen LogP contribution in [0.3, 0.4) is 0 Å². The van der Waals surface area contributed by atoms with Gasteiger partial charge in [-0.1, -0.05) is 45.0 Å². The Morgan fingerprint density at radius 1 is 1.29 bits per heavy atom. The van der Waals surface area contributed by atoms with E-state index in [-0.39, 0.29) is 0 Å². The maximum Gasteiger partial charge on any atom is 0.0480 e. The number of likely N-dealkylation sites (N-methyl/N-ethyl adjacent to an activating group) is 2. The molecule has 2 nitrogen and oxygen atoms in total. The Balaban J connectivity index is 2.19. The van der Waals surface area contributed by atoms with Gasteiger partial charge >= 0.3 is 0 Å². The summed E-state index contributed by atoms with van der Waals surface area (Å²) in [6, 6.07) is 10.1. The van der Waals surface area contributed by atoms with Crippen molar-refractivity contribution in [1.82, 2.24) is 10.2 Å². The lowest BCUT2D eigenvalue weighted by Crippen LogP contribution is -2.43. The molecule has 0 radical (unpaired) electrons. The smallest absolute Gasteiger partial charge is 0.0480 e. The van der Waals surface area contributed by atoms with Crippen molar-refractivity contribution in [2.45, 2.75) is 58.5 Å². The maximum absolute atomic E-state index is 3.76. The van der Waals surface area contributed by atoms with Crippen molar-refractivity contribution in [2.75, 3.05) is 20.1 Å². The standard InChI is InChI=1S/C19H32N2/c1-5-20-19-17-11-7-6-9-16(17)10-8-12-18(19)21(4)14-13-15(2)3/h6-7,9,11,15,18-20H,5,8,10,12-14H2,1-4H3. The Bertz CT molecular complexity index is 427. The highest BCUT2D eigenvalue weighted by molar-refractivity contribution is 5.32. The van der Waals surface area contributed by atoms with Gasteiger partial charge in [0.05, 0.1) is 0 Å². The van der Waals surface area contributed by atoms with Crippen LogP contribution in [0.15, 0.2) is 24.3 Å². The van der Waals surface area contributed by atoms with Crippen LogP contribution in [-0.2, 0) is 6.42 Å². The van der Waals surface area contributed by atoms with Crippen molar-refractivity contribution in [3.8, 4) is 0 Å². The number of aryl methyl sites for hydroxylation is 1. The van der Waals surface area contributed by atoms with Gasteiger partial charge < -0.3 is 10.2 Å². The summed E-state index contributed by atoms with van der Waals surface area (Å²) in [6.07, 6.45) is 5.11. The quantitative estimate of drug-likeness (QED) is 0.795. The largest absolute Gasteiger partial charge is 0.309 e. The second-order valence-corrected chi connectivity index (χ2v) is 6.86. The van der Waals surface area contributed by atoms with Gasteiger partial charge in [0.25, 0.3) is 0 Å². The van der Waals surface area contributed by atoms with Crippen LogP contribution < -0.4 is 5.32 Å². The number of fused-ring (bicyclic) bond motifs is 1. The van der Waals surface area contributed by atoms with Crippen LogP contribution in [0.5, 0.6) is 0 Å². The lowest BCUT2D eigenvalue weighted by molar-refractivity contribution is 0.175. The Hall–Kier alpha value is -0.860. The first-order valence-corrected chi connectivity index (χ1v) is 8.65. The van der Waals surface area contributed by atoms with E-state index in [4.69, 9.17) is 0 Å². The summed E-state index contributed by atoms with van der Waals surface area (Å²) in [6.45, 7) is 9.09. The molecular formula is C19H32N2. The number of nitrogens with one attached hydrogen (secondary N) is 1. The third-order valence-electron chi connectivity index (χ3n) is 4.77. The average molecular weight is 288 g/mol. The monoisotopic (exact) mass is 288 g/mol. The first-order valence-electron chi connectivity index (χ1n) is 8.65. The molecule has 2 heteroatoms. The first kappa shape index (κ1) is 16.5. The van der Waals surface area contributed by atoms with E-state index in [1.54, 1.807) is 5.56 Å². The van der Waals surface area contributed by atoms with Crippen LogP contribution >= 0.6 is 0 Å². The Morgan fingerprint density at radius 2 is 2.05 bits per heavy atom. The summed E-state index contributed by atoms with van der Waals surface area (Å²) in [5, 5.41) is 3.76.